The molecule has 0 aliphatic carbocycles. The van der Waals surface area contributed by atoms with Crippen LogP contribution in [-0.4, -0.2) is 10.9 Å². The van der Waals surface area contributed by atoms with Gasteiger partial charge in [-0.1, -0.05) is 12.1 Å². The van der Waals surface area contributed by atoms with Crippen LogP contribution in [0.1, 0.15) is 11.1 Å². The molecule has 27 heavy (non-hydrogen) atoms. The van der Waals surface area contributed by atoms with Gasteiger partial charge in [-0.25, -0.2) is 4.39 Å². The molecule has 0 unspecified atom stereocenters. The maximum absolute atomic E-state index is 13.2. The molecule has 0 atom stereocenters. The van der Waals surface area contributed by atoms with Gasteiger partial charge in [0.05, 0.1) is 5.69 Å². The summed E-state index contributed by atoms with van der Waals surface area (Å²) in [5.74, 6) is -0.733. The average molecular weight is 377 g/mol. The number of nitrogens with zero attached hydrogens (tertiary/aromatic N) is 1. The number of rotatable bonds is 3. The molecule has 0 bridgehead atoms. The topological polar surface area (TPSA) is 31.2 Å². The second kappa shape index (κ2) is 6.90. The van der Waals surface area contributed by atoms with Gasteiger partial charge < -0.3 is 4.74 Å². The van der Waals surface area contributed by atoms with Gasteiger partial charge in [0.1, 0.15) is 11.6 Å². The van der Waals surface area contributed by atoms with Crippen LogP contribution in [0.5, 0.6) is 5.75 Å². The highest BCUT2D eigenvalue weighted by molar-refractivity contribution is 5.66. The van der Waals surface area contributed by atoms with Gasteiger partial charge in [-0.05, 0) is 60.9 Å². The third kappa shape index (κ3) is 4.19. The molecule has 2 aromatic carbocycles. The first-order valence-electron chi connectivity index (χ1n) is 8.00. The third-order valence-corrected chi connectivity index (χ3v) is 4.08. The summed E-state index contributed by atoms with van der Waals surface area (Å²) in [4.78, 5) is 12.4. The smallest absolute Gasteiger partial charge is 0.406 e. The van der Waals surface area contributed by atoms with E-state index in [0.29, 0.717) is 22.4 Å². The Hall–Kier alpha value is -3.09. The van der Waals surface area contributed by atoms with Gasteiger partial charge in [-0.3, -0.25) is 9.36 Å². The summed E-state index contributed by atoms with van der Waals surface area (Å²) < 4.78 is 55.5. The van der Waals surface area contributed by atoms with Crippen molar-refractivity contribution < 1.29 is 22.3 Å². The van der Waals surface area contributed by atoms with E-state index in [2.05, 4.69) is 4.74 Å². The van der Waals surface area contributed by atoms with Crippen molar-refractivity contribution in [2.24, 2.45) is 0 Å². The van der Waals surface area contributed by atoms with Crippen LogP contribution in [0.3, 0.4) is 0 Å². The maximum atomic E-state index is 13.2. The highest BCUT2D eigenvalue weighted by Gasteiger charge is 2.31. The Morgan fingerprint density at radius 3 is 2.19 bits per heavy atom. The van der Waals surface area contributed by atoms with Crippen LogP contribution >= 0.6 is 0 Å². The van der Waals surface area contributed by atoms with E-state index < -0.39 is 6.36 Å². The van der Waals surface area contributed by atoms with Gasteiger partial charge in [0, 0.05) is 17.8 Å². The summed E-state index contributed by atoms with van der Waals surface area (Å²) in [5, 5.41) is 0. The van der Waals surface area contributed by atoms with E-state index in [0.717, 1.165) is 11.6 Å². The molecule has 0 aliphatic rings. The fourth-order valence-corrected chi connectivity index (χ4v) is 2.84. The fourth-order valence-electron chi connectivity index (χ4n) is 2.84. The molecule has 3 rings (SSSR count). The summed E-state index contributed by atoms with van der Waals surface area (Å²) in [6.45, 7) is 3.35. The zero-order valence-corrected chi connectivity index (χ0v) is 14.5. The highest BCUT2D eigenvalue weighted by Crippen LogP contribution is 2.27. The molecule has 0 aliphatic heterocycles. The minimum Gasteiger partial charge on any atom is -0.406 e. The van der Waals surface area contributed by atoms with Crippen LogP contribution in [0.15, 0.2) is 59.5 Å². The number of benzene rings is 2. The maximum Gasteiger partial charge on any atom is 0.573 e. The molecule has 7 heteroatoms. The van der Waals surface area contributed by atoms with Crippen molar-refractivity contribution >= 4 is 0 Å². The van der Waals surface area contributed by atoms with Gasteiger partial charge in [-0.2, -0.15) is 0 Å². The normalized spacial score (nSPS) is 11.5. The van der Waals surface area contributed by atoms with E-state index in [4.69, 9.17) is 0 Å². The minimum absolute atomic E-state index is 0.328. The van der Waals surface area contributed by atoms with Crippen molar-refractivity contribution in [1.29, 1.82) is 0 Å². The van der Waals surface area contributed by atoms with E-state index in [1.54, 1.807) is 32.2 Å². The van der Waals surface area contributed by atoms with Gasteiger partial charge in [0.15, 0.2) is 0 Å². The molecule has 0 N–H and O–H groups in total. The Morgan fingerprint density at radius 1 is 0.926 bits per heavy atom. The van der Waals surface area contributed by atoms with Crippen LogP contribution in [0.25, 0.3) is 16.8 Å². The lowest BCUT2D eigenvalue weighted by Crippen LogP contribution is -2.19. The summed E-state index contributed by atoms with van der Waals surface area (Å²) in [6, 6.07) is 11.0. The lowest BCUT2D eigenvalue weighted by molar-refractivity contribution is -0.274. The van der Waals surface area contributed by atoms with Crippen LogP contribution in [-0.2, 0) is 0 Å². The van der Waals surface area contributed by atoms with Crippen molar-refractivity contribution in [2.45, 2.75) is 20.2 Å². The van der Waals surface area contributed by atoms with Crippen molar-refractivity contribution in [3.05, 3.63) is 82.0 Å². The van der Waals surface area contributed by atoms with Crippen molar-refractivity contribution in [3.63, 3.8) is 0 Å². The number of aromatic nitrogens is 1. The Kier molecular flexibility index (Phi) is 4.78. The van der Waals surface area contributed by atoms with E-state index in [-0.39, 0.29) is 17.1 Å². The minimum atomic E-state index is -4.79. The SMILES string of the molecule is Cc1cc(=O)n(-c2ccc(OC(F)(F)F)cc2C)cc1-c1ccc(F)cc1. The Morgan fingerprint density at radius 2 is 1.59 bits per heavy atom. The first-order chi connectivity index (χ1) is 12.6. The number of aryl methyl sites for hydroxylation is 2. The Labute approximate surface area is 152 Å². The van der Waals surface area contributed by atoms with E-state index in [9.17, 15) is 22.4 Å². The molecule has 0 spiro atoms. The molecule has 140 valence electrons. The average Bonchev–Trinajstić information content (AvgIpc) is 2.55. The molecular weight excluding hydrogens is 362 g/mol. The highest BCUT2D eigenvalue weighted by atomic mass is 19.4. The van der Waals surface area contributed by atoms with Crippen LogP contribution in [0.2, 0.25) is 0 Å². The molecule has 0 fully saturated rings. The standard InChI is InChI=1S/C20H15F4NO2/c1-12-10-19(26)25(11-17(12)14-3-5-15(21)6-4-14)18-8-7-16(9-13(18)2)27-20(22,23)24/h3-11H,1-2H3. The van der Waals surface area contributed by atoms with Crippen molar-refractivity contribution in [1.82, 2.24) is 4.57 Å². The van der Waals surface area contributed by atoms with E-state index in [1.165, 1.54) is 34.9 Å². The van der Waals surface area contributed by atoms with E-state index >= 15 is 0 Å². The fraction of sp³-hybridized carbons (Fsp3) is 0.150. The number of hydrogen-bond donors (Lipinski definition) is 0. The number of hydrogen-bond acceptors (Lipinski definition) is 2. The second-order valence-corrected chi connectivity index (χ2v) is 6.08. The predicted octanol–water partition coefficient (Wildman–Crippen LogP) is 5.16. The molecule has 3 nitrogen and oxygen atoms in total. The Bertz CT molecular complexity index is 1040. The summed E-state index contributed by atoms with van der Waals surface area (Å²) in [5.41, 5.74) is 2.68. The van der Waals surface area contributed by atoms with Crippen LogP contribution in [0, 0.1) is 19.7 Å². The molecule has 0 saturated carbocycles. The van der Waals surface area contributed by atoms with Crippen molar-refractivity contribution in [2.75, 3.05) is 0 Å². The molecule has 3 aromatic rings. The number of pyridine rings is 1. The van der Waals surface area contributed by atoms with E-state index in [1.807, 2.05) is 0 Å². The summed E-state index contributed by atoms with van der Waals surface area (Å²) in [7, 11) is 0. The number of halogens is 4. The van der Waals surface area contributed by atoms with Crippen LogP contribution in [0.4, 0.5) is 17.6 Å². The molecular formula is C20H15F4NO2. The van der Waals surface area contributed by atoms with Gasteiger partial charge in [-0.15, -0.1) is 13.2 Å². The van der Waals surface area contributed by atoms with Crippen molar-refractivity contribution in [3.8, 4) is 22.6 Å². The molecule has 0 amide bonds. The second-order valence-electron chi connectivity index (χ2n) is 6.08. The zero-order valence-electron chi connectivity index (χ0n) is 14.5. The molecule has 0 saturated heterocycles. The lowest BCUT2D eigenvalue weighted by Gasteiger charge is -2.15. The van der Waals surface area contributed by atoms with Gasteiger partial charge in [0.25, 0.3) is 5.56 Å². The van der Waals surface area contributed by atoms with Crippen LogP contribution < -0.4 is 10.3 Å². The Balaban J connectivity index is 2.08. The molecule has 1 heterocycles. The van der Waals surface area contributed by atoms with Gasteiger partial charge in [0.2, 0.25) is 0 Å². The summed E-state index contributed by atoms with van der Waals surface area (Å²) >= 11 is 0. The first kappa shape index (κ1) is 18.7. The predicted molar refractivity (Wildman–Crippen MR) is 93.6 cm³/mol. The lowest BCUT2D eigenvalue weighted by atomic mass is 10.0. The number of alkyl halides is 3. The largest absolute Gasteiger partial charge is 0.573 e. The monoisotopic (exact) mass is 377 g/mol. The number of ether oxygens (including phenoxy) is 1. The first-order valence-corrected chi connectivity index (χ1v) is 8.00. The molecule has 1 aromatic heterocycles. The third-order valence-electron chi connectivity index (χ3n) is 4.08. The quantitative estimate of drug-likeness (QED) is 0.591. The zero-order chi connectivity index (χ0) is 19.8. The summed E-state index contributed by atoms with van der Waals surface area (Å²) in [6.07, 6.45) is -3.19. The van der Waals surface area contributed by atoms with Gasteiger partial charge >= 0.3 is 6.36 Å². The molecule has 0 radical (unpaired) electrons.